The van der Waals surface area contributed by atoms with Gasteiger partial charge in [-0.2, -0.15) is 0 Å². The second-order valence-electron chi connectivity index (χ2n) is 2.10. The second kappa shape index (κ2) is 3.21. The van der Waals surface area contributed by atoms with Crippen LogP contribution in [0.25, 0.3) is 0 Å². The lowest BCUT2D eigenvalue weighted by atomic mass is 10.2. The zero-order valence-electron chi connectivity index (χ0n) is 5.71. The fourth-order valence-corrected chi connectivity index (χ4v) is 1.02. The monoisotopic (exact) mass is 206 g/mol. The Kier molecular flexibility index (Phi) is 2.45. The van der Waals surface area contributed by atoms with Gasteiger partial charge < -0.3 is 10.2 Å². The number of phenolic OH excluding ortho intramolecular Hbond substituents is 1. The molecular formula is C7H4Cl2O3. The van der Waals surface area contributed by atoms with Crippen LogP contribution in [0.4, 0.5) is 0 Å². The van der Waals surface area contributed by atoms with Crippen molar-refractivity contribution in [2.24, 2.45) is 0 Å². The molecule has 0 amide bonds. The zero-order chi connectivity index (χ0) is 9.30. The maximum atomic E-state index is 10.4. The predicted molar refractivity (Wildman–Crippen MR) is 45.1 cm³/mol. The molecule has 1 aromatic carbocycles. The van der Waals surface area contributed by atoms with Crippen LogP contribution in [0.2, 0.25) is 10.0 Å². The Labute approximate surface area is 78.2 Å². The van der Waals surface area contributed by atoms with Crippen LogP contribution in [-0.4, -0.2) is 16.2 Å². The maximum absolute atomic E-state index is 10.4. The van der Waals surface area contributed by atoms with Crippen LogP contribution in [0.1, 0.15) is 10.4 Å². The number of hydrogen-bond donors (Lipinski definition) is 2. The van der Waals surface area contributed by atoms with Gasteiger partial charge in [0.1, 0.15) is 10.8 Å². The quantitative estimate of drug-likeness (QED) is 0.743. The van der Waals surface area contributed by atoms with E-state index in [0.29, 0.717) is 0 Å². The average Bonchev–Trinajstić information content (AvgIpc) is 1.99. The minimum absolute atomic E-state index is 0.0223. The van der Waals surface area contributed by atoms with Crippen LogP contribution >= 0.6 is 23.2 Å². The Hall–Kier alpha value is -0.930. The van der Waals surface area contributed by atoms with Gasteiger partial charge in [0.15, 0.2) is 0 Å². The third-order valence-corrected chi connectivity index (χ3v) is 2.05. The van der Waals surface area contributed by atoms with Gasteiger partial charge in [0, 0.05) is 0 Å². The smallest absolute Gasteiger partial charge is 0.335 e. The van der Waals surface area contributed by atoms with Crippen LogP contribution in [0.5, 0.6) is 5.75 Å². The molecule has 2 N–H and O–H groups in total. The van der Waals surface area contributed by atoms with Crippen LogP contribution in [-0.2, 0) is 0 Å². The van der Waals surface area contributed by atoms with Crippen molar-refractivity contribution in [3.05, 3.63) is 27.7 Å². The predicted octanol–water partition coefficient (Wildman–Crippen LogP) is 2.40. The van der Waals surface area contributed by atoms with Gasteiger partial charge in [-0.3, -0.25) is 0 Å². The topological polar surface area (TPSA) is 57.5 Å². The molecule has 12 heavy (non-hydrogen) atoms. The Bertz CT molecular complexity index is 312. The molecule has 0 saturated heterocycles. The average molecular weight is 207 g/mol. The summed E-state index contributed by atoms with van der Waals surface area (Å²) >= 11 is 11.0. The first-order chi connectivity index (χ1) is 5.52. The molecule has 1 rings (SSSR count). The molecule has 0 aliphatic carbocycles. The molecule has 0 aromatic heterocycles. The Morgan fingerprint density at radius 2 is 1.92 bits per heavy atom. The summed E-state index contributed by atoms with van der Waals surface area (Å²) in [5.74, 6) is -1.49. The maximum Gasteiger partial charge on any atom is 0.335 e. The highest BCUT2D eigenvalue weighted by molar-refractivity contribution is 6.43. The molecule has 64 valence electrons. The van der Waals surface area contributed by atoms with Crippen LogP contribution in [0.15, 0.2) is 12.1 Å². The van der Waals surface area contributed by atoms with Gasteiger partial charge in [0.25, 0.3) is 0 Å². The molecule has 0 radical (unpaired) electrons. The zero-order valence-corrected chi connectivity index (χ0v) is 7.23. The number of phenols is 1. The Balaban J connectivity index is 3.31. The Morgan fingerprint density at radius 1 is 1.33 bits per heavy atom. The molecule has 5 heteroatoms. The number of carbonyl (C=O) groups is 1. The lowest BCUT2D eigenvalue weighted by Crippen LogP contribution is -1.95. The molecular weight excluding hydrogens is 203 g/mol. The fourth-order valence-electron chi connectivity index (χ4n) is 0.698. The first-order valence-electron chi connectivity index (χ1n) is 2.93. The number of benzene rings is 1. The van der Waals surface area contributed by atoms with E-state index >= 15 is 0 Å². The molecule has 1 aromatic rings. The largest absolute Gasteiger partial charge is 0.506 e. The van der Waals surface area contributed by atoms with Crippen molar-refractivity contribution in [2.45, 2.75) is 0 Å². The number of aromatic hydroxyl groups is 1. The standard InChI is InChI=1S/C7H4Cl2O3/c8-4-1-3(7(11)12)2-5(10)6(4)9/h1-2,10H,(H,11,12). The van der Waals surface area contributed by atoms with Crippen molar-refractivity contribution in [3.8, 4) is 5.75 Å². The number of rotatable bonds is 1. The third-order valence-electron chi connectivity index (χ3n) is 1.26. The highest BCUT2D eigenvalue weighted by Crippen LogP contribution is 2.32. The molecule has 0 aliphatic heterocycles. The normalized spacial score (nSPS) is 9.83. The van der Waals surface area contributed by atoms with Crippen LogP contribution < -0.4 is 0 Å². The van der Waals surface area contributed by atoms with Gasteiger partial charge in [-0.05, 0) is 12.1 Å². The van der Waals surface area contributed by atoms with Crippen LogP contribution in [0.3, 0.4) is 0 Å². The summed E-state index contributed by atoms with van der Waals surface area (Å²) in [6, 6.07) is 2.21. The van der Waals surface area contributed by atoms with E-state index in [1.54, 1.807) is 0 Å². The Morgan fingerprint density at radius 3 is 2.33 bits per heavy atom. The number of aromatic carboxylic acids is 1. The summed E-state index contributed by atoms with van der Waals surface area (Å²) < 4.78 is 0. The van der Waals surface area contributed by atoms with E-state index in [-0.39, 0.29) is 21.4 Å². The van der Waals surface area contributed by atoms with Crippen molar-refractivity contribution in [2.75, 3.05) is 0 Å². The molecule has 3 nitrogen and oxygen atoms in total. The summed E-state index contributed by atoms with van der Waals surface area (Å²) in [5, 5.41) is 17.5. The lowest BCUT2D eigenvalue weighted by molar-refractivity contribution is 0.0696. The van der Waals surface area contributed by atoms with Gasteiger partial charge in [-0.15, -0.1) is 0 Å². The summed E-state index contributed by atoms with van der Waals surface area (Å²) in [7, 11) is 0. The van der Waals surface area contributed by atoms with Gasteiger partial charge in [0.05, 0.1) is 10.6 Å². The SMILES string of the molecule is O=C(O)c1cc(O)c(Cl)c(Cl)c1. The minimum Gasteiger partial charge on any atom is -0.506 e. The van der Waals surface area contributed by atoms with Gasteiger partial charge in [-0.1, -0.05) is 23.2 Å². The summed E-state index contributed by atoms with van der Waals surface area (Å²) in [6.07, 6.45) is 0. The third kappa shape index (κ3) is 1.62. The number of hydrogen-bond acceptors (Lipinski definition) is 2. The molecule has 0 spiro atoms. The van der Waals surface area contributed by atoms with Crippen molar-refractivity contribution in [1.29, 1.82) is 0 Å². The first-order valence-corrected chi connectivity index (χ1v) is 3.69. The van der Waals surface area contributed by atoms with E-state index in [1.165, 1.54) is 6.07 Å². The molecule has 0 heterocycles. The van der Waals surface area contributed by atoms with Crippen molar-refractivity contribution in [1.82, 2.24) is 0 Å². The molecule has 0 atom stereocenters. The van der Waals surface area contributed by atoms with E-state index in [9.17, 15) is 4.79 Å². The van der Waals surface area contributed by atoms with Gasteiger partial charge >= 0.3 is 5.97 Å². The number of halogens is 2. The van der Waals surface area contributed by atoms with Gasteiger partial charge in [-0.25, -0.2) is 4.79 Å². The lowest BCUT2D eigenvalue weighted by Gasteiger charge is -2.00. The highest BCUT2D eigenvalue weighted by Gasteiger charge is 2.10. The number of carboxylic acids is 1. The van der Waals surface area contributed by atoms with E-state index in [1.807, 2.05) is 0 Å². The van der Waals surface area contributed by atoms with E-state index in [4.69, 9.17) is 33.4 Å². The number of carboxylic acid groups (broad SMARTS) is 1. The summed E-state index contributed by atoms with van der Waals surface area (Å²) in [4.78, 5) is 10.4. The van der Waals surface area contributed by atoms with Crippen LogP contribution in [0, 0.1) is 0 Å². The van der Waals surface area contributed by atoms with Gasteiger partial charge in [0.2, 0.25) is 0 Å². The van der Waals surface area contributed by atoms with Crippen molar-refractivity contribution < 1.29 is 15.0 Å². The van der Waals surface area contributed by atoms with E-state index < -0.39 is 5.97 Å². The fraction of sp³-hybridized carbons (Fsp3) is 0. The summed E-state index contributed by atoms with van der Waals surface area (Å²) in [5.41, 5.74) is -0.0955. The molecule has 0 saturated carbocycles. The molecule has 0 bridgehead atoms. The molecule has 0 fully saturated rings. The minimum atomic E-state index is -1.16. The second-order valence-corrected chi connectivity index (χ2v) is 2.88. The van der Waals surface area contributed by atoms with Crippen molar-refractivity contribution in [3.63, 3.8) is 0 Å². The van der Waals surface area contributed by atoms with E-state index in [2.05, 4.69) is 0 Å². The summed E-state index contributed by atoms with van der Waals surface area (Å²) in [6.45, 7) is 0. The molecule has 0 aliphatic rings. The van der Waals surface area contributed by atoms with Crippen molar-refractivity contribution >= 4 is 29.2 Å². The molecule has 0 unspecified atom stereocenters. The van der Waals surface area contributed by atoms with E-state index in [0.717, 1.165) is 6.07 Å². The first kappa shape index (κ1) is 9.16. The highest BCUT2D eigenvalue weighted by atomic mass is 35.5.